The maximum Gasteiger partial charge on any atom is 0.238 e. The Labute approximate surface area is 158 Å². The molecule has 2 heterocycles. The van der Waals surface area contributed by atoms with Gasteiger partial charge in [-0.15, -0.1) is 0 Å². The molecule has 1 aromatic heterocycles. The van der Waals surface area contributed by atoms with Gasteiger partial charge < -0.3 is 9.47 Å². The molecular weight excluding hydrogens is 369 g/mol. The molecule has 0 unspecified atom stereocenters. The Balaban J connectivity index is 1.65. The van der Waals surface area contributed by atoms with Crippen molar-refractivity contribution in [3.63, 3.8) is 0 Å². The number of amides is 1. The maximum atomic E-state index is 13.4. The molecule has 0 bridgehead atoms. The van der Waals surface area contributed by atoms with Crippen LogP contribution in [0, 0.1) is 5.82 Å². The predicted octanol–water partition coefficient (Wildman–Crippen LogP) is 1.98. The van der Waals surface area contributed by atoms with Crippen LogP contribution in [0.5, 0.6) is 0 Å². The van der Waals surface area contributed by atoms with Crippen LogP contribution in [0.15, 0.2) is 42.6 Å². The zero-order valence-corrected chi connectivity index (χ0v) is 15.9. The van der Waals surface area contributed by atoms with Crippen molar-refractivity contribution in [1.29, 1.82) is 0 Å². The number of carbonyl (C=O) groups excluding carboxylic acids is 1. The average molecular weight is 391 g/mol. The Bertz CT molecular complexity index is 951. The van der Waals surface area contributed by atoms with Gasteiger partial charge in [-0.05, 0) is 42.7 Å². The Kier molecular flexibility index (Phi) is 4.55. The SMILES string of the molecule is CS(=O)(=O)N(CC(=O)N1CCn2cccc2[C@@H]1c1ccc(F)cc1)C1CC1. The molecule has 0 N–H and O–H groups in total. The monoisotopic (exact) mass is 391 g/mol. The van der Waals surface area contributed by atoms with E-state index in [0.717, 1.165) is 30.4 Å². The van der Waals surface area contributed by atoms with Gasteiger partial charge >= 0.3 is 0 Å². The highest BCUT2D eigenvalue weighted by Gasteiger charge is 2.39. The van der Waals surface area contributed by atoms with Gasteiger partial charge in [-0.3, -0.25) is 4.79 Å². The minimum atomic E-state index is -3.44. The number of hydrogen-bond acceptors (Lipinski definition) is 3. The molecule has 1 fully saturated rings. The normalized spacial score (nSPS) is 20.0. The fourth-order valence-electron chi connectivity index (χ4n) is 3.75. The van der Waals surface area contributed by atoms with Gasteiger partial charge in [0, 0.05) is 31.0 Å². The summed E-state index contributed by atoms with van der Waals surface area (Å²) in [7, 11) is -3.44. The van der Waals surface area contributed by atoms with Crippen molar-refractivity contribution in [3.05, 3.63) is 59.7 Å². The van der Waals surface area contributed by atoms with E-state index in [1.54, 1.807) is 17.0 Å². The summed E-state index contributed by atoms with van der Waals surface area (Å²) in [6.07, 6.45) is 4.70. The molecule has 2 aromatic rings. The minimum absolute atomic E-state index is 0.0677. The summed E-state index contributed by atoms with van der Waals surface area (Å²) < 4.78 is 40.9. The average Bonchev–Trinajstić information content (AvgIpc) is 3.34. The summed E-state index contributed by atoms with van der Waals surface area (Å²) in [6, 6.07) is 9.57. The number of sulfonamides is 1. The smallest absolute Gasteiger partial charge is 0.238 e. The molecule has 1 aliphatic carbocycles. The summed E-state index contributed by atoms with van der Waals surface area (Å²) in [5.74, 6) is -0.561. The number of nitrogens with zero attached hydrogens (tertiary/aromatic N) is 3. The van der Waals surface area contributed by atoms with Gasteiger partial charge in [-0.25, -0.2) is 12.8 Å². The van der Waals surface area contributed by atoms with Crippen LogP contribution in [-0.2, 0) is 21.4 Å². The molecule has 1 amide bonds. The van der Waals surface area contributed by atoms with Crippen molar-refractivity contribution in [2.75, 3.05) is 19.3 Å². The quantitative estimate of drug-likeness (QED) is 0.783. The second-order valence-electron chi connectivity index (χ2n) is 7.21. The van der Waals surface area contributed by atoms with Crippen LogP contribution in [0.3, 0.4) is 0 Å². The first-order valence-electron chi connectivity index (χ1n) is 9.01. The van der Waals surface area contributed by atoms with Crippen molar-refractivity contribution in [3.8, 4) is 0 Å². The van der Waals surface area contributed by atoms with E-state index in [0.29, 0.717) is 13.1 Å². The van der Waals surface area contributed by atoms with Crippen LogP contribution in [0.1, 0.15) is 30.1 Å². The van der Waals surface area contributed by atoms with Crippen LogP contribution in [0.25, 0.3) is 0 Å². The molecule has 1 atom stereocenters. The van der Waals surface area contributed by atoms with Gasteiger partial charge in [0.15, 0.2) is 0 Å². The number of rotatable bonds is 5. The van der Waals surface area contributed by atoms with Crippen LogP contribution in [-0.4, -0.2) is 53.5 Å². The third-order valence-corrected chi connectivity index (χ3v) is 6.49. The topological polar surface area (TPSA) is 62.6 Å². The second kappa shape index (κ2) is 6.76. The Morgan fingerprint density at radius 1 is 1.19 bits per heavy atom. The minimum Gasteiger partial charge on any atom is -0.348 e. The standard InChI is InChI=1S/C19H22FN3O3S/c1-27(25,26)23(16-8-9-16)13-18(24)22-12-11-21-10-2-3-17(21)19(22)14-4-6-15(20)7-5-14/h2-7,10,16,19H,8-9,11-13H2,1H3/t19-/m0/s1. The van der Waals surface area contributed by atoms with Crippen molar-refractivity contribution < 1.29 is 17.6 Å². The van der Waals surface area contributed by atoms with Gasteiger partial charge in [-0.2, -0.15) is 4.31 Å². The number of fused-ring (bicyclic) bond motifs is 1. The van der Waals surface area contributed by atoms with E-state index < -0.39 is 10.0 Å². The number of benzene rings is 1. The third-order valence-electron chi connectivity index (χ3n) is 5.22. The summed E-state index contributed by atoms with van der Waals surface area (Å²) in [5, 5.41) is 0. The van der Waals surface area contributed by atoms with E-state index in [1.807, 2.05) is 18.3 Å². The van der Waals surface area contributed by atoms with Crippen molar-refractivity contribution >= 4 is 15.9 Å². The predicted molar refractivity (Wildman–Crippen MR) is 99.0 cm³/mol. The molecule has 144 valence electrons. The zero-order valence-electron chi connectivity index (χ0n) is 15.1. The van der Waals surface area contributed by atoms with Crippen LogP contribution >= 0.6 is 0 Å². The number of carbonyl (C=O) groups is 1. The van der Waals surface area contributed by atoms with Crippen LogP contribution in [0.4, 0.5) is 4.39 Å². The molecule has 0 saturated heterocycles. The van der Waals surface area contributed by atoms with Gasteiger partial charge in [-0.1, -0.05) is 12.1 Å². The fraction of sp³-hybridized carbons (Fsp3) is 0.421. The van der Waals surface area contributed by atoms with Gasteiger partial charge in [0.1, 0.15) is 5.82 Å². The van der Waals surface area contributed by atoms with Crippen LogP contribution < -0.4 is 0 Å². The summed E-state index contributed by atoms with van der Waals surface area (Å²) in [6.45, 7) is 0.973. The van der Waals surface area contributed by atoms with Gasteiger partial charge in [0.25, 0.3) is 0 Å². The van der Waals surface area contributed by atoms with Gasteiger partial charge in [0.2, 0.25) is 15.9 Å². The number of halogens is 1. The van der Waals surface area contributed by atoms with E-state index in [1.165, 1.54) is 16.4 Å². The third kappa shape index (κ3) is 3.64. The lowest BCUT2D eigenvalue weighted by molar-refractivity contribution is -0.134. The Morgan fingerprint density at radius 3 is 2.52 bits per heavy atom. The number of aromatic nitrogens is 1. The van der Waals surface area contributed by atoms with Crippen molar-refractivity contribution in [1.82, 2.24) is 13.8 Å². The van der Waals surface area contributed by atoms with E-state index in [2.05, 4.69) is 4.57 Å². The molecule has 8 heteroatoms. The first kappa shape index (κ1) is 18.2. The molecule has 1 aromatic carbocycles. The van der Waals surface area contributed by atoms with E-state index in [9.17, 15) is 17.6 Å². The first-order chi connectivity index (χ1) is 12.8. The molecule has 0 spiro atoms. The van der Waals surface area contributed by atoms with E-state index in [-0.39, 0.29) is 30.4 Å². The van der Waals surface area contributed by atoms with E-state index >= 15 is 0 Å². The molecule has 6 nitrogen and oxygen atoms in total. The lowest BCUT2D eigenvalue weighted by Crippen LogP contribution is -2.48. The zero-order chi connectivity index (χ0) is 19.2. The van der Waals surface area contributed by atoms with Gasteiger partial charge in [0.05, 0.1) is 18.8 Å². The van der Waals surface area contributed by atoms with Crippen molar-refractivity contribution in [2.45, 2.75) is 31.5 Å². The Hall–Kier alpha value is -2.19. The lowest BCUT2D eigenvalue weighted by atomic mass is 9.99. The summed E-state index contributed by atoms with van der Waals surface area (Å²) in [5.41, 5.74) is 1.75. The molecule has 2 aliphatic rings. The fourth-order valence-corrected chi connectivity index (χ4v) is 4.85. The first-order valence-corrected chi connectivity index (χ1v) is 10.9. The van der Waals surface area contributed by atoms with Crippen molar-refractivity contribution in [2.24, 2.45) is 0 Å². The molecule has 1 aliphatic heterocycles. The molecule has 1 saturated carbocycles. The second-order valence-corrected chi connectivity index (χ2v) is 9.14. The largest absolute Gasteiger partial charge is 0.348 e. The highest BCUT2D eigenvalue weighted by molar-refractivity contribution is 7.88. The van der Waals surface area contributed by atoms with Crippen LogP contribution in [0.2, 0.25) is 0 Å². The molecular formula is C19H22FN3O3S. The maximum absolute atomic E-state index is 13.4. The molecule has 4 rings (SSSR count). The summed E-state index contributed by atoms with van der Waals surface area (Å²) >= 11 is 0. The highest BCUT2D eigenvalue weighted by atomic mass is 32.2. The molecule has 27 heavy (non-hydrogen) atoms. The highest BCUT2D eigenvalue weighted by Crippen LogP contribution is 2.34. The molecule has 0 radical (unpaired) electrons. The number of hydrogen-bond donors (Lipinski definition) is 0. The van der Waals surface area contributed by atoms with E-state index in [4.69, 9.17) is 0 Å². The summed E-state index contributed by atoms with van der Waals surface area (Å²) in [4.78, 5) is 14.8. The Morgan fingerprint density at radius 2 is 1.89 bits per heavy atom. The lowest BCUT2D eigenvalue weighted by Gasteiger charge is -2.38.